The molecule has 2 nitrogen and oxygen atoms in total. The molecule has 0 saturated heterocycles. The molecule has 1 aromatic carbocycles. The lowest BCUT2D eigenvalue weighted by molar-refractivity contribution is 0.424. The van der Waals surface area contributed by atoms with Crippen LogP contribution in [0.3, 0.4) is 0 Å². The van der Waals surface area contributed by atoms with E-state index in [0.717, 1.165) is 12.1 Å². The predicted molar refractivity (Wildman–Crippen MR) is 55.7 cm³/mol. The standard InChI is InChI=1S/C11H6ClF2NO/c12-7-3-4-15-11(5-7)16-10-2-1-8(13)6-9(10)14/h1-6H. The molecule has 1 aromatic heterocycles. The third-order valence-electron chi connectivity index (χ3n) is 1.81. The Morgan fingerprint density at radius 2 is 1.94 bits per heavy atom. The molecule has 0 aliphatic heterocycles. The lowest BCUT2D eigenvalue weighted by Crippen LogP contribution is -1.91. The largest absolute Gasteiger partial charge is 0.436 e. The number of nitrogens with zero attached hydrogens (tertiary/aromatic N) is 1. The molecular formula is C11H6ClF2NO. The molecule has 0 radical (unpaired) electrons. The second-order valence-corrected chi connectivity index (χ2v) is 3.43. The van der Waals surface area contributed by atoms with Crippen LogP contribution in [0.25, 0.3) is 0 Å². The van der Waals surface area contributed by atoms with Crippen molar-refractivity contribution in [2.75, 3.05) is 0 Å². The molecule has 0 aliphatic rings. The van der Waals surface area contributed by atoms with Gasteiger partial charge in [-0.15, -0.1) is 0 Å². The highest BCUT2D eigenvalue weighted by Gasteiger charge is 2.06. The number of pyridine rings is 1. The smallest absolute Gasteiger partial charge is 0.220 e. The Balaban J connectivity index is 2.27. The Morgan fingerprint density at radius 1 is 1.12 bits per heavy atom. The molecule has 0 N–H and O–H groups in total. The molecule has 0 fully saturated rings. The van der Waals surface area contributed by atoms with Gasteiger partial charge in [-0.25, -0.2) is 13.8 Å². The molecule has 0 atom stereocenters. The molecule has 0 unspecified atom stereocenters. The summed E-state index contributed by atoms with van der Waals surface area (Å²) in [4.78, 5) is 3.83. The summed E-state index contributed by atoms with van der Waals surface area (Å²) in [6, 6.07) is 6.02. The van der Waals surface area contributed by atoms with E-state index in [1.54, 1.807) is 6.07 Å². The highest BCUT2D eigenvalue weighted by molar-refractivity contribution is 6.30. The quantitative estimate of drug-likeness (QED) is 0.798. The Labute approximate surface area is 95.5 Å². The molecule has 0 bridgehead atoms. The number of hydrogen-bond acceptors (Lipinski definition) is 2. The summed E-state index contributed by atoms with van der Waals surface area (Å²) in [6.45, 7) is 0. The van der Waals surface area contributed by atoms with Crippen molar-refractivity contribution in [3.8, 4) is 11.6 Å². The summed E-state index contributed by atoms with van der Waals surface area (Å²) < 4.78 is 30.9. The van der Waals surface area contributed by atoms with Gasteiger partial charge in [0.1, 0.15) is 5.82 Å². The maximum atomic E-state index is 13.2. The fraction of sp³-hybridized carbons (Fsp3) is 0. The Kier molecular flexibility index (Phi) is 3.01. The van der Waals surface area contributed by atoms with E-state index in [2.05, 4.69) is 4.98 Å². The third-order valence-corrected chi connectivity index (χ3v) is 2.04. The van der Waals surface area contributed by atoms with Crippen molar-refractivity contribution in [3.05, 3.63) is 53.2 Å². The minimum Gasteiger partial charge on any atom is -0.436 e. The van der Waals surface area contributed by atoms with Crippen LogP contribution in [0.2, 0.25) is 5.02 Å². The van der Waals surface area contributed by atoms with Crippen molar-refractivity contribution in [1.29, 1.82) is 0 Å². The molecule has 16 heavy (non-hydrogen) atoms. The Bertz CT molecular complexity index is 519. The van der Waals surface area contributed by atoms with Gasteiger partial charge in [0.15, 0.2) is 11.6 Å². The molecule has 0 spiro atoms. The molecule has 0 amide bonds. The Hall–Kier alpha value is -1.68. The first kappa shape index (κ1) is 10.8. The van der Waals surface area contributed by atoms with Crippen LogP contribution in [0.5, 0.6) is 11.6 Å². The fourth-order valence-electron chi connectivity index (χ4n) is 1.11. The average molecular weight is 242 g/mol. The van der Waals surface area contributed by atoms with E-state index in [0.29, 0.717) is 5.02 Å². The Morgan fingerprint density at radius 3 is 2.62 bits per heavy atom. The lowest BCUT2D eigenvalue weighted by atomic mass is 10.3. The van der Waals surface area contributed by atoms with Gasteiger partial charge in [0, 0.05) is 23.4 Å². The van der Waals surface area contributed by atoms with Gasteiger partial charge in [-0.2, -0.15) is 0 Å². The van der Waals surface area contributed by atoms with E-state index in [4.69, 9.17) is 16.3 Å². The molecule has 5 heteroatoms. The van der Waals surface area contributed by atoms with E-state index >= 15 is 0 Å². The monoisotopic (exact) mass is 241 g/mol. The molecule has 2 rings (SSSR count). The van der Waals surface area contributed by atoms with Crippen molar-refractivity contribution < 1.29 is 13.5 Å². The highest BCUT2D eigenvalue weighted by atomic mass is 35.5. The van der Waals surface area contributed by atoms with Gasteiger partial charge in [-0.05, 0) is 18.2 Å². The van der Waals surface area contributed by atoms with E-state index < -0.39 is 11.6 Å². The summed E-state index contributed by atoms with van der Waals surface area (Å²) in [5, 5.41) is 0.424. The van der Waals surface area contributed by atoms with Crippen LogP contribution in [-0.4, -0.2) is 4.98 Å². The molecule has 82 valence electrons. The van der Waals surface area contributed by atoms with Gasteiger partial charge in [0.25, 0.3) is 0 Å². The van der Waals surface area contributed by atoms with Gasteiger partial charge in [-0.3, -0.25) is 0 Å². The van der Waals surface area contributed by atoms with Gasteiger partial charge in [0.05, 0.1) is 0 Å². The number of aromatic nitrogens is 1. The van der Waals surface area contributed by atoms with Gasteiger partial charge >= 0.3 is 0 Å². The number of ether oxygens (including phenoxy) is 1. The zero-order chi connectivity index (χ0) is 11.5. The maximum Gasteiger partial charge on any atom is 0.220 e. The average Bonchev–Trinajstić information content (AvgIpc) is 2.22. The molecule has 0 aliphatic carbocycles. The van der Waals surface area contributed by atoms with Crippen LogP contribution >= 0.6 is 11.6 Å². The van der Waals surface area contributed by atoms with Crippen molar-refractivity contribution in [3.63, 3.8) is 0 Å². The second kappa shape index (κ2) is 4.45. The third kappa shape index (κ3) is 2.46. The fourth-order valence-corrected chi connectivity index (χ4v) is 1.26. The van der Waals surface area contributed by atoms with Crippen LogP contribution in [0.1, 0.15) is 0 Å². The molecule has 2 aromatic rings. The van der Waals surface area contributed by atoms with Crippen molar-refractivity contribution in [2.24, 2.45) is 0 Å². The molecule has 0 saturated carbocycles. The van der Waals surface area contributed by atoms with Crippen LogP contribution in [0, 0.1) is 11.6 Å². The van der Waals surface area contributed by atoms with Crippen LogP contribution in [0.4, 0.5) is 8.78 Å². The number of hydrogen-bond donors (Lipinski definition) is 0. The van der Waals surface area contributed by atoms with Crippen molar-refractivity contribution >= 4 is 11.6 Å². The number of halogens is 3. The first-order valence-corrected chi connectivity index (χ1v) is 4.77. The lowest BCUT2D eigenvalue weighted by Gasteiger charge is -2.05. The van der Waals surface area contributed by atoms with E-state index in [1.807, 2.05) is 0 Å². The summed E-state index contributed by atoms with van der Waals surface area (Å²) in [7, 11) is 0. The van der Waals surface area contributed by atoms with Gasteiger partial charge in [-0.1, -0.05) is 11.6 Å². The summed E-state index contributed by atoms with van der Waals surface area (Å²) >= 11 is 5.70. The topological polar surface area (TPSA) is 22.1 Å². The summed E-state index contributed by atoms with van der Waals surface area (Å²) in [6.07, 6.45) is 1.43. The second-order valence-electron chi connectivity index (χ2n) is 2.99. The van der Waals surface area contributed by atoms with E-state index in [9.17, 15) is 8.78 Å². The van der Waals surface area contributed by atoms with E-state index in [-0.39, 0.29) is 11.6 Å². The van der Waals surface area contributed by atoms with Crippen molar-refractivity contribution in [2.45, 2.75) is 0 Å². The van der Waals surface area contributed by atoms with Gasteiger partial charge in [0.2, 0.25) is 5.88 Å². The maximum absolute atomic E-state index is 13.2. The first-order chi connectivity index (χ1) is 7.65. The van der Waals surface area contributed by atoms with Crippen LogP contribution < -0.4 is 4.74 Å². The summed E-state index contributed by atoms with van der Waals surface area (Å²) in [5.74, 6) is -1.40. The minimum absolute atomic E-state index is 0.101. The summed E-state index contributed by atoms with van der Waals surface area (Å²) in [5.41, 5.74) is 0. The van der Waals surface area contributed by atoms with Gasteiger partial charge < -0.3 is 4.74 Å². The highest BCUT2D eigenvalue weighted by Crippen LogP contribution is 2.24. The minimum atomic E-state index is -0.790. The van der Waals surface area contributed by atoms with Crippen LogP contribution in [0.15, 0.2) is 36.5 Å². The normalized spacial score (nSPS) is 10.2. The van der Waals surface area contributed by atoms with Crippen LogP contribution in [-0.2, 0) is 0 Å². The molecule has 1 heterocycles. The zero-order valence-corrected chi connectivity index (χ0v) is 8.71. The van der Waals surface area contributed by atoms with E-state index in [1.165, 1.54) is 18.3 Å². The van der Waals surface area contributed by atoms with Crippen molar-refractivity contribution in [1.82, 2.24) is 4.98 Å². The number of rotatable bonds is 2. The zero-order valence-electron chi connectivity index (χ0n) is 7.95. The molecular weight excluding hydrogens is 236 g/mol. The SMILES string of the molecule is Fc1ccc(Oc2cc(Cl)ccn2)c(F)c1. The number of benzene rings is 1. The predicted octanol–water partition coefficient (Wildman–Crippen LogP) is 3.81. The first-order valence-electron chi connectivity index (χ1n) is 4.39.